The fourth-order valence-electron chi connectivity index (χ4n) is 5.09. The highest BCUT2D eigenvalue weighted by Gasteiger charge is 2.35. The van der Waals surface area contributed by atoms with Gasteiger partial charge in [0, 0.05) is 17.8 Å². The maximum Gasteiger partial charge on any atom is 0.258 e. The molecular formula is C30H28F2N6O3. The highest BCUT2D eigenvalue weighted by Crippen LogP contribution is 2.41. The topological polar surface area (TPSA) is 134 Å². The van der Waals surface area contributed by atoms with E-state index in [1.54, 1.807) is 13.0 Å². The van der Waals surface area contributed by atoms with E-state index in [9.17, 15) is 23.6 Å². The molecule has 41 heavy (non-hydrogen) atoms. The van der Waals surface area contributed by atoms with Gasteiger partial charge in [-0.25, -0.2) is 18.7 Å². The van der Waals surface area contributed by atoms with Crippen LogP contribution in [0.2, 0.25) is 0 Å². The minimum atomic E-state index is -0.719. The number of carbonyl (C=O) groups excluding carboxylic acids is 2. The summed E-state index contributed by atoms with van der Waals surface area (Å²) in [4.78, 5) is 35.1. The minimum Gasteiger partial charge on any atom is -0.485 e. The zero-order valence-electron chi connectivity index (χ0n) is 22.4. The van der Waals surface area contributed by atoms with Gasteiger partial charge >= 0.3 is 0 Å². The van der Waals surface area contributed by atoms with Crippen molar-refractivity contribution < 1.29 is 23.1 Å². The molecule has 1 aliphatic heterocycles. The van der Waals surface area contributed by atoms with Crippen molar-refractivity contribution in [2.75, 3.05) is 24.2 Å². The molecule has 2 amide bonds. The normalized spacial score (nSPS) is 18.0. The Bertz CT molecular complexity index is 1580. The van der Waals surface area contributed by atoms with Gasteiger partial charge in [0.1, 0.15) is 30.3 Å². The number of nitrogens with one attached hydrogen (secondary N) is 1. The lowest BCUT2D eigenvalue weighted by Crippen LogP contribution is -2.38. The van der Waals surface area contributed by atoms with Crippen LogP contribution < -0.4 is 15.8 Å². The highest BCUT2D eigenvalue weighted by molar-refractivity contribution is 6.05. The fourth-order valence-corrected chi connectivity index (χ4v) is 5.09. The molecule has 2 heterocycles. The quantitative estimate of drug-likeness (QED) is 0.381. The van der Waals surface area contributed by atoms with E-state index in [-0.39, 0.29) is 59.1 Å². The number of ether oxygens (including phenoxy) is 1. The SMILES string of the molecule is C=CC(=O)N1C[C@H](C#N)CC1COc1c(N)ncnc1-c1cc(F)cc(NC(=O)c2ccc(C3CC3)cc2F)c1C. The van der Waals surface area contributed by atoms with Gasteiger partial charge in [-0.15, -0.1) is 0 Å². The Hall–Kier alpha value is -4.85. The molecule has 0 spiro atoms. The highest BCUT2D eigenvalue weighted by atomic mass is 19.1. The molecular weight excluding hydrogens is 530 g/mol. The van der Waals surface area contributed by atoms with E-state index in [2.05, 4.69) is 27.9 Å². The predicted molar refractivity (Wildman–Crippen MR) is 148 cm³/mol. The molecule has 9 nitrogen and oxygen atoms in total. The molecule has 3 aromatic rings. The van der Waals surface area contributed by atoms with Crippen molar-refractivity contribution in [1.82, 2.24) is 14.9 Å². The summed E-state index contributed by atoms with van der Waals surface area (Å²) in [5.41, 5.74) is 7.83. The van der Waals surface area contributed by atoms with E-state index in [1.165, 1.54) is 35.5 Å². The fraction of sp³-hybridized carbons (Fsp3) is 0.300. The van der Waals surface area contributed by atoms with Crippen LogP contribution in [0.15, 0.2) is 49.3 Å². The molecule has 1 saturated carbocycles. The number of nitrogens with two attached hydrogens (primary N) is 1. The van der Waals surface area contributed by atoms with E-state index >= 15 is 0 Å². The van der Waals surface area contributed by atoms with Crippen LogP contribution in [-0.4, -0.2) is 45.9 Å². The van der Waals surface area contributed by atoms with E-state index < -0.39 is 23.6 Å². The smallest absolute Gasteiger partial charge is 0.258 e. The number of carbonyl (C=O) groups is 2. The molecule has 1 aromatic heterocycles. The Morgan fingerprint density at radius 3 is 2.73 bits per heavy atom. The first kappa shape index (κ1) is 27.7. The van der Waals surface area contributed by atoms with Crippen LogP contribution >= 0.6 is 0 Å². The number of nitriles is 1. The lowest BCUT2D eigenvalue weighted by atomic mass is 10.0. The number of amides is 2. The summed E-state index contributed by atoms with van der Waals surface area (Å²) in [5, 5.41) is 12.0. The molecule has 2 aromatic carbocycles. The summed E-state index contributed by atoms with van der Waals surface area (Å²) >= 11 is 0. The molecule has 2 aliphatic rings. The summed E-state index contributed by atoms with van der Waals surface area (Å²) in [6, 6.07) is 8.65. The Balaban J connectivity index is 1.42. The lowest BCUT2D eigenvalue weighted by molar-refractivity contribution is -0.127. The maximum atomic E-state index is 14.9. The predicted octanol–water partition coefficient (Wildman–Crippen LogP) is 4.75. The van der Waals surface area contributed by atoms with Crippen LogP contribution in [0.3, 0.4) is 0 Å². The number of hydrogen-bond donors (Lipinski definition) is 2. The molecule has 1 saturated heterocycles. The number of benzene rings is 2. The second-order valence-electron chi connectivity index (χ2n) is 10.3. The average molecular weight is 559 g/mol. The summed E-state index contributed by atoms with van der Waals surface area (Å²) in [6.07, 6.45) is 4.78. The van der Waals surface area contributed by atoms with Crippen molar-refractivity contribution in [1.29, 1.82) is 5.26 Å². The van der Waals surface area contributed by atoms with Crippen LogP contribution in [0, 0.1) is 35.8 Å². The van der Waals surface area contributed by atoms with Gasteiger partial charge in [0.05, 0.1) is 23.6 Å². The van der Waals surface area contributed by atoms with E-state index in [0.717, 1.165) is 24.5 Å². The summed E-state index contributed by atoms with van der Waals surface area (Å²) < 4.78 is 35.6. The third kappa shape index (κ3) is 5.72. The number of nitrogen functional groups attached to an aromatic ring is 1. The Morgan fingerprint density at radius 1 is 1.27 bits per heavy atom. The molecule has 0 bridgehead atoms. The zero-order valence-corrected chi connectivity index (χ0v) is 22.4. The van der Waals surface area contributed by atoms with Crippen LogP contribution in [-0.2, 0) is 4.79 Å². The number of hydrogen-bond acceptors (Lipinski definition) is 7. The molecule has 5 rings (SSSR count). The third-order valence-corrected chi connectivity index (χ3v) is 7.47. The van der Waals surface area contributed by atoms with E-state index in [4.69, 9.17) is 10.5 Å². The van der Waals surface area contributed by atoms with Crippen molar-refractivity contribution in [3.8, 4) is 23.1 Å². The lowest BCUT2D eigenvalue weighted by Gasteiger charge is -2.24. The second-order valence-corrected chi connectivity index (χ2v) is 10.3. The van der Waals surface area contributed by atoms with E-state index in [0.29, 0.717) is 17.9 Å². The van der Waals surface area contributed by atoms with Crippen LogP contribution in [0.25, 0.3) is 11.3 Å². The molecule has 1 unspecified atom stereocenters. The molecule has 3 N–H and O–H groups in total. The van der Waals surface area contributed by atoms with Gasteiger partial charge in [-0.3, -0.25) is 9.59 Å². The van der Waals surface area contributed by atoms with Crippen molar-refractivity contribution in [3.05, 3.63) is 77.6 Å². The van der Waals surface area contributed by atoms with Gasteiger partial charge in [-0.1, -0.05) is 12.6 Å². The third-order valence-electron chi connectivity index (χ3n) is 7.47. The Morgan fingerprint density at radius 2 is 2.05 bits per heavy atom. The van der Waals surface area contributed by atoms with Gasteiger partial charge in [-0.05, 0) is 73.6 Å². The zero-order chi connectivity index (χ0) is 29.3. The number of likely N-dealkylation sites (tertiary alicyclic amines) is 1. The number of rotatable bonds is 8. The number of halogens is 2. The first-order valence-electron chi connectivity index (χ1n) is 13.2. The largest absolute Gasteiger partial charge is 0.485 e. The molecule has 2 atom stereocenters. The Labute approximate surface area is 235 Å². The summed E-state index contributed by atoms with van der Waals surface area (Å²) in [5.74, 6) is -2.35. The van der Waals surface area contributed by atoms with Gasteiger partial charge in [0.25, 0.3) is 5.91 Å². The van der Waals surface area contributed by atoms with Crippen LogP contribution in [0.1, 0.15) is 46.7 Å². The molecule has 1 aliphatic carbocycles. The molecule has 2 fully saturated rings. The number of anilines is 2. The van der Waals surface area contributed by atoms with Gasteiger partial charge in [0.15, 0.2) is 11.6 Å². The standard InChI is InChI=1S/C30H28F2N6O3/c1-3-26(39)38-13-17(12-33)8-21(38)14-41-28-27(35-15-36-29(28)34)23-10-20(31)11-25(16(23)2)37-30(40)22-7-6-19(9-24(22)32)18-4-5-18/h3,6-7,9-11,15,17-18,21H,1,4-5,8,13-14H2,2H3,(H,37,40)(H2,34,35,36)/t17-,21?/m0/s1. The van der Waals surface area contributed by atoms with Crippen LogP contribution in [0.4, 0.5) is 20.3 Å². The molecule has 210 valence electrons. The van der Waals surface area contributed by atoms with Gasteiger partial charge in [-0.2, -0.15) is 5.26 Å². The minimum absolute atomic E-state index is 0.0153. The van der Waals surface area contributed by atoms with Gasteiger partial charge in [0.2, 0.25) is 5.91 Å². The first-order valence-corrected chi connectivity index (χ1v) is 13.2. The first-order chi connectivity index (χ1) is 19.7. The second kappa shape index (κ2) is 11.3. The summed E-state index contributed by atoms with van der Waals surface area (Å²) in [7, 11) is 0. The molecule has 11 heteroatoms. The maximum absolute atomic E-state index is 14.9. The van der Waals surface area contributed by atoms with Crippen molar-refractivity contribution in [2.45, 2.75) is 38.1 Å². The van der Waals surface area contributed by atoms with Gasteiger partial charge < -0.3 is 20.7 Å². The average Bonchev–Trinajstić information content (AvgIpc) is 3.73. The monoisotopic (exact) mass is 558 g/mol. The van der Waals surface area contributed by atoms with Crippen LogP contribution in [0.5, 0.6) is 5.75 Å². The number of aromatic nitrogens is 2. The molecule has 0 radical (unpaired) electrons. The number of nitrogens with zero attached hydrogens (tertiary/aromatic N) is 4. The van der Waals surface area contributed by atoms with Crippen molar-refractivity contribution in [2.24, 2.45) is 5.92 Å². The summed E-state index contributed by atoms with van der Waals surface area (Å²) in [6.45, 7) is 5.40. The van der Waals surface area contributed by atoms with Crippen molar-refractivity contribution in [3.63, 3.8) is 0 Å². The van der Waals surface area contributed by atoms with E-state index in [1.807, 2.05) is 0 Å². The van der Waals surface area contributed by atoms with Crippen molar-refractivity contribution >= 4 is 23.3 Å². The Kier molecular flexibility index (Phi) is 7.66.